The van der Waals surface area contributed by atoms with Crippen molar-refractivity contribution in [3.8, 4) is 0 Å². The normalized spacial score (nSPS) is 11.7. The van der Waals surface area contributed by atoms with E-state index in [4.69, 9.17) is 0 Å². The predicted octanol–water partition coefficient (Wildman–Crippen LogP) is 2.87. The molecule has 4 heteroatoms. The summed E-state index contributed by atoms with van der Waals surface area (Å²) in [7, 11) is 0. The molecule has 1 N–H and O–H groups in total. The molecule has 0 aliphatic carbocycles. The molecule has 2 aromatic rings. The monoisotopic (exact) mass is 247 g/mol. The fourth-order valence-corrected chi connectivity index (χ4v) is 2.34. The molecule has 0 saturated carbocycles. The first-order valence-corrected chi connectivity index (χ1v) is 6.52. The molecule has 0 spiro atoms. The summed E-state index contributed by atoms with van der Waals surface area (Å²) in [5.74, 6) is 0. The molecule has 2 rings (SSSR count). The van der Waals surface area contributed by atoms with Gasteiger partial charge in [0.25, 0.3) is 0 Å². The van der Waals surface area contributed by atoms with Crippen LogP contribution in [0.5, 0.6) is 0 Å². The van der Waals surface area contributed by atoms with Crippen LogP contribution in [0.15, 0.2) is 30.0 Å². The van der Waals surface area contributed by atoms with E-state index in [1.165, 1.54) is 11.1 Å². The topological polar surface area (TPSA) is 37.8 Å². The van der Waals surface area contributed by atoms with E-state index >= 15 is 0 Å². The molecule has 3 nitrogen and oxygen atoms in total. The Hall–Kier alpha value is -1.26. The zero-order valence-electron chi connectivity index (χ0n) is 10.4. The zero-order valence-corrected chi connectivity index (χ0v) is 11.2. The van der Waals surface area contributed by atoms with Crippen molar-refractivity contribution in [3.63, 3.8) is 0 Å². The Morgan fingerprint density at radius 1 is 1.35 bits per heavy atom. The maximum Gasteiger partial charge on any atom is 0.112 e. The average Bonchev–Trinajstić information content (AvgIpc) is 2.82. The Labute approximate surface area is 106 Å². The van der Waals surface area contributed by atoms with Gasteiger partial charge in [0.05, 0.1) is 5.54 Å². The summed E-state index contributed by atoms with van der Waals surface area (Å²) in [4.78, 5) is 8.52. The second-order valence-electron chi connectivity index (χ2n) is 4.62. The van der Waals surface area contributed by atoms with Crippen molar-refractivity contribution in [1.29, 1.82) is 0 Å². The summed E-state index contributed by atoms with van der Waals surface area (Å²) in [6.07, 6.45) is 5.59. The summed E-state index contributed by atoms with van der Waals surface area (Å²) >= 11 is 1.68. The number of nitrogens with zero attached hydrogens (tertiary/aromatic N) is 2. The number of nitrogens with one attached hydrogen (secondary N) is 1. The molecule has 0 radical (unpaired) electrons. The lowest BCUT2D eigenvalue weighted by molar-refractivity contribution is 0.398. The van der Waals surface area contributed by atoms with Crippen LogP contribution in [-0.4, -0.2) is 9.97 Å². The van der Waals surface area contributed by atoms with E-state index in [1.54, 1.807) is 11.3 Å². The first-order chi connectivity index (χ1) is 8.09. The minimum Gasteiger partial charge on any atom is -0.302 e. The molecule has 0 saturated heterocycles. The fraction of sp³-hybridized carbons (Fsp3) is 0.385. The first-order valence-electron chi connectivity index (χ1n) is 5.64. The van der Waals surface area contributed by atoms with Gasteiger partial charge in [0, 0.05) is 30.5 Å². The quantitative estimate of drug-likeness (QED) is 0.902. The van der Waals surface area contributed by atoms with Crippen LogP contribution in [0.1, 0.15) is 30.0 Å². The summed E-state index contributed by atoms with van der Waals surface area (Å²) in [5.41, 5.74) is 2.40. The smallest absolute Gasteiger partial charge is 0.112 e. The Balaban J connectivity index is 2.06. The van der Waals surface area contributed by atoms with Crippen molar-refractivity contribution >= 4 is 11.3 Å². The van der Waals surface area contributed by atoms with Crippen LogP contribution in [0.25, 0.3) is 0 Å². The Bertz CT molecular complexity index is 477. The second kappa shape index (κ2) is 4.94. The third-order valence-corrected chi connectivity index (χ3v) is 3.93. The third-order valence-electron chi connectivity index (χ3n) is 2.84. The van der Waals surface area contributed by atoms with Crippen molar-refractivity contribution in [2.75, 3.05) is 0 Å². The molecule has 2 heterocycles. The maximum absolute atomic E-state index is 4.36. The highest BCUT2D eigenvalue weighted by molar-refractivity contribution is 7.09. The number of aromatic nitrogens is 2. The average molecular weight is 247 g/mol. The number of pyridine rings is 1. The lowest BCUT2D eigenvalue weighted by Crippen LogP contribution is -2.36. The number of thiazole rings is 1. The van der Waals surface area contributed by atoms with Gasteiger partial charge in [-0.2, -0.15) is 0 Å². The van der Waals surface area contributed by atoms with E-state index < -0.39 is 0 Å². The molecule has 0 aromatic carbocycles. The molecular weight excluding hydrogens is 230 g/mol. The Morgan fingerprint density at radius 3 is 2.82 bits per heavy atom. The van der Waals surface area contributed by atoms with Crippen molar-refractivity contribution in [1.82, 2.24) is 15.3 Å². The van der Waals surface area contributed by atoms with Gasteiger partial charge < -0.3 is 5.32 Å². The largest absolute Gasteiger partial charge is 0.302 e. The first kappa shape index (κ1) is 12.2. The molecular formula is C13H17N3S. The molecule has 0 fully saturated rings. The minimum atomic E-state index is -0.101. The maximum atomic E-state index is 4.36. The SMILES string of the molecule is Cc1ccncc1CNC(C)(C)c1nccs1. The molecule has 17 heavy (non-hydrogen) atoms. The van der Waals surface area contributed by atoms with E-state index in [0.717, 1.165) is 11.6 Å². The van der Waals surface area contributed by atoms with Crippen LogP contribution in [-0.2, 0) is 12.1 Å². The molecule has 0 atom stereocenters. The summed E-state index contributed by atoms with van der Waals surface area (Å²) in [5, 5.41) is 6.64. The number of hydrogen-bond acceptors (Lipinski definition) is 4. The minimum absolute atomic E-state index is 0.101. The highest BCUT2D eigenvalue weighted by Crippen LogP contribution is 2.22. The molecule has 0 amide bonds. The molecule has 90 valence electrons. The van der Waals surface area contributed by atoms with E-state index in [-0.39, 0.29) is 5.54 Å². The van der Waals surface area contributed by atoms with E-state index in [9.17, 15) is 0 Å². The van der Waals surface area contributed by atoms with E-state index in [1.807, 2.05) is 30.0 Å². The lowest BCUT2D eigenvalue weighted by Gasteiger charge is -2.24. The standard InChI is InChI=1S/C13H17N3S/c1-10-4-5-14-8-11(10)9-16-13(2,3)12-15-6-7-17-12/h4-8,16H,9H2,1-3H3. The van der Waals surface area contributed by atoms with Gasteiger partial charge in [-0.3, -0.25) is 4.98 Å². The van der Waals surface area contributed by atoms with Gasteiger partial charge in [-0.15, -0.1) is 11.3 Å². The summed E-state index contributed by atoms with van der Waals surface area (Å²) < 4.78 is 0. The number of rotatable bonds is 4. The van der Waals surface area contributed by atoms with Gasteiger partial charge in [-0.05, 0) is 38.0 Å². The highest BCUT2D eigenvalue weighted by Gasteiger charge is 2.22. The Kier molecular flexibility index (Phi) is 3.54. The van der Waals surface area contributed by atoms with Crippen LogP contribution >= 0.6 is 11.3 Å². The Morgan fingerprint density at radius 2 is 2.18 bits per heavy atom. The van der Waals surface area contributed by atoms with Crippen molar-refractivity contribution < 1.29 is 0 Å². The number of hydrogen-bond donors (Lipinski definition) is 1. The molecule has 0 aliphatic rings. The van der Waals surface area contributed by atoms with E-state index in [2.05, 4.69) is 36.1 Å². The van der Waals surface area contributed by atoms with Gasteiger partial charge in [0.2, 0.25) is 0 Å². The van der Waals surface area contributed by atoms with Gasteiger partial charge in [-0.1, -0.05) is 0 Å². The molecule has 0 bridgehead atoms. The lowest BCUT2D eigenvalue weighted by atomic mass is 10.1. The van der Waals surface area contributed by atoms with Gasteiger partial charge >= 0.3 is 0 Å². The van der Waals surface area contributed by atoms with Crippen molar-refractivity contribution in [2.24, 2.45) is 0 Å². The van der Waals surface area contributed by atoms with Crippen molar-refractivity contribution in [3.05, 3.63) is 46.2 Å². The van der Waals surface area contributed by atoms with Crippen LogP contribution in [0.4, 0.5) is 0 Å². The summed E-state index contributed by atoms with van der Waals surface area (Å²) in [6.45, 7) is 7.22. The zero-order chi connectivity index (χ0) is 12.3. The molecule has 0 aliphatic heterocycles. The second-order valence-corrected chi connectivity index (χ2v) is 5.51. The van der Waals surface area contributed by atoms with Crippen molar-refractivity contribution in [2.45, 2.75) is 32.9 Å². The third kappa shape index (κ3) is 2.90. The molecule has 0 unspecified atom stereocenters. The van der Waals surface area contributed by atoms with Crippen LogP contribution in [0, 0.1) is 6.92 Å². The number of aryl methyl sites for hydroxylation is 1. The van der Waals surface area contributed by atoms with E-state index in [0.29, 0.717) is 0 Å². The fourth-order valence-electron chi connectivity index (χ4n) is 1.61. The highest BCUT2D eigenvalue weighted by atomic mass is 32.1. The van der Waals surface area contributed by atoms with Crippen LogP contribution < -0.4 is 5.32 Å². The van der Waals surface area contributed by atoms with Gasteiger partial charge in [0.15, 0.2) is 0 Å². The summed E-state index contributed by atoms with van der Waals surface area (Å²) in [6, 6.07) is 2.04. The molecule has 2 aromatic heterocycles. The van der Waals surface area contributed by atoms with Crippen LogP contribution in [0.2, 0.25) is 0 Å². The van der Waals surface area contributed by atoms with Gasteiger partial charge in [-0.25, -0.2) is 4.98 Å². The van der Waals surface area contributed by atoms with Crippen LogP contribution in [0.3, 0.4) is 0 Å². The predicted molar refractivity (Wildman–Crippen MR) is 71.0 cm³/mol. The van der Waals surface area contributed by atoms with Gasteiger partial charge in [0.1, 0.15) is 5.01 Å².